The molecule has 5 rings (SSSR count). The number of ether oxygens (including phenoxy) is 1. The van der Waals surface area contributed by atoms with Crippen molar-refractivity contribution in [1.82, 2.24) is 18.7 Å². The molecule has 0 saturated carbocycles. The molecule has 10 heteroatoms. The third-order valence-corrected chi connectivity index (χ3v) is 5.63. The molecule has 0 saturated heterocycles. The first kappa shape index (κ1) is 21.4. The monoisotopic (exact) mass is 458 g/mol. The second-order valence-electron chi connectivity index (χ2n) is 7.77. The van der Waals surface area contributed by atoms with Crippen LogP contribution in [-0.2, 0) is 29.7 Å². The summed E-state index contributed by atoms with van der Waals surface area (Å²) in [6.45, 7) is 1.61. The van der Waals surface area contributed by atoms with Gasteiger partial charge >= 0.3 is 11.7 Å². The molecule has 3 heterocycles. The summed E-state index contributed by atoms with van der Waals surface area (Å²) in [5.41, 5.74) is 1.56. The predicted molar refractivity (Wildman–Crippen MR) is 127 cm³/mol. The molecular weight excluding hydrogens is 436 g/mol. The van der Waals surface area contributed by atoms with E-state index in [2.05, 4.69) is 4.98 Å². The number of fused-ring (bicyclic) bond motifs is 3. The van der Waals surface area contributed by atoms with Gasteiger partial charge < -0.3 is 4.74 Å². The quantitative estimate of drug-likeness (QED) is 0.424. The smallest absolute Gasteiger partial charge is 0.333 e. The van der Waals surface area contributed by atoms with Crippen molar-refractivity contribution >= 4 is 34.5 Å². The zero-order chi connectivity index (χ0) is 23.8. The Labute approximate surface area is 193 Å². The van der Waals surface area contributed by atoms with Gasteiger partial charge in [-0.3, -0.25) is 18.7 Å². The molecular formula is C24H22N6O4. The number of hydrogen-bond donors (Lipinski definition) is 0. The standard InChI is InChI=1S/C24H22N6O4/c1-3-34-19(31)15-29-22(32)20-21(27(2)24(29)33)25-23-28(20)14-18(16-10-6-4-7-11-16)26-30(23)17-12-8-5-9-13-17/h4-13H,3,14-15H2,1-2H3. The van der Waals surface area contributed by atoms with E-state index in [1.165, 1.54) is 11.6 Å². The number of benzene rings is 2. The average Bonchev–Trinajstić information content (AvgIpc) is 3.26. The summed E-state index contributed by atoms with van der Waals surface area (Å²) in [6.07, 6.45) is 0. The Morgan fingerprint density at radius 3 is 2.38 bits per heavy atom. The molecule has 0 spiro atoms. The number of para-hydroxylation sites is 1. The van der Waals surface area contributed by atoms with Crippen molar-refractivity contribution in [2.75, 3.05) is 11.6 Å². The molecule has 1 aliphatic heterocycles. The van der Waals surface area contributed by atoms with Crippen molar-refractivity contribution in [2.45, 2.75) is 20.0 Å². The first-order valence-electron chi connectivity index (χ1n) is 10.8. The Balaban J connectivity index is 1.76. The number of imidazole rings is 1. The summed E-state index contributed by atoms with van der Waals surface area (Å²) in [4.78, 5) is 43.1. The number of hydrazone groups is 1. The molecule has 2 aromatic carbocycles. The molecule has 4 aromatic rings. The van der Waals surface area contributed by atoms with Crippen molar-refractivity contribution < 1.29 is 9.53 Å². The number of anilines is 2. The van der Waals surface area contributed by atoms with Gasteiger partial charge in [0.25, 0.3) is 5.56 Å². The van der Waals surface area contributed by atoms with Crippen LogP contribution in [0.2, 0.25) is 0 Å². The fourth-order valence-corrected chi connectivity index (χ4v) is 4.02. The highest BCUT2D eigenvalue weighted by molar-refractivity contribution is 6.03. The minimum atomic E-state index is -0.656. The van der Waals surface area contributed by atoms with E-state index in [1.54, 1.807) is 16.5 Å². The van der Waals surface area contributed by atoms with E-state index >= 15 is 0 Å². The molecule has 0 aliphatic carbocycles. The van der Waals surface area contributed by atoms with Crippen LogP contribution >= 0.6 is 0 Å². The molecule has 10 nitrogen and oxygen atoms in total. The molecule has 0 atom stereocenters. The normalized spacial score (nSPS) is 13.0. The maximum atomic E-state index is 13.5. The third kappa shape index (κ3) is 3.49. The highest BCUT2D eigenvalue weighted by Crippen LogP contribution is 2.31. The Kier molecular flexibility index (Phi) is 5.33. The van der Waals surface area contributed by atoms with Crippen LogP contribution in [0.25, 0.3) is 11.2 Å². The second-order valence-corrected chi connectivity index (χ2v) is 7.77. The first-order valence-corrected chi connectivity index (χ1v) is 10.8. The van der Waals surface area contributed by atoms with Gasteiger partial charge in [0.2, 0.25) is 5.95 Å². The lowest BCUT2D eigenvalue weighted by Crippen LogP contribution is -2.42. The largest absolute Gasteiger partial charge is 0.465 e. The number of nitrogens with zero attached hydrogens (tertiary/aromatic N) is 6. The van der Waals surface area contributed by atoms with E-state index in [4.69, 9.17) is 9.84 Å². The summed E-state index contributed by atoms with van der Waals surface area (Å²) in [5.74, 6) is -0.251. The Bertz CT molecular complexity index is 1530. The number of rotatable bonds is 5. The Morgan fingerprint density at radius 1 is 1.03 bits per heavy atom. The molecule has 0 unspecified atom stereocenters. The third-order valence-electron chi connectivity index (χ3n) is 5.63. The molecule has 0 radical (unpaired) electrons. The van der Waals surface area contributed by atoms with Crippen molar-refractivity contribution in [3.05, 3.63) is 87.1 Å². The van der Waals surface area contributed by atoms with Gasteiger partial charge in [0.1, 0.15) is 6.54 Å². The highest BCUT2D eigenvalue weighted by Gasteiger charge is 2.29. The van der Waals surface area contributed by atoms with Crippen LogP contribution in [0.3, 0.4) is 0 Å². The number of carbonyl (C=O) groups excluding carboxylic acids is 1. The summed E-state index contributed by atoms with van der Waals surface area (Å²) in [7, 11) is 1.52. The maximum absolute atomic E-state index is 13.5. The number of hydrogen-bond acceptors (Lipinski definition) is 7. The van der Waals surface area contributed by atoms with Crippen LogP contribution in [0, 0.1) is 0 Å². The zero-order valence-corrected chi connectivity index (χ0v) is 18.7. The second kappa shape index (κ2) is 8.47. The molecule has 2 aromatic heterocycles. The van der Waals surface area contributed by atoms with Crippen molar-refractivity contribution in [2.24, 2.45) is 12.1 Å². The summed E-state index contributed by atoms with van der Waals surface area (Å²) >= 11 is 0. The van der Waals surface area contributed by atoms with E-state index in [0.717, 1.165) is 21.5 Å². The van der Waals surface area contributed by atoms with Gasteiger partial charge in [-0.2, -0.15) is 15.1 Å². The summed E-state index contributed by atoms with van der Waals surface area (Å²) < 4.78 is 8.85. The number of aromatic nitrogens is 4. The van der Waals surface area contributed by atoms with E-state index in [9.17, 15) is 14.4 Å². The van der Waals surface area contributed by atoms with Gasteiger partial charge in [-0.1, -0.05) is 48.5 Å². The maximum Gasteiger partial charge on any atom is 0.333 e. The van der Waals surface area contributed by atoms with Crippen LogP contribution in [0.15, 0.2) is 75.4 Å². The first-order chi connectivity index (χ1) is 16.5. The average molecular weight is 458 g/mol. The summed E-state index contributed by atoms with van der Waals surface area (Å²) in [6, 6.07) is 19.1. The number of carbonyl (C=O) groups is 1. The molecule has 0 fully saturated rings. The Morgan fingerprint density at radius 2 is 1.71 bits per heavy atom. The lowest BCUT2D eigenvalue weighted by atomic mass is 10.1. The van der Waals surface area contributed by atoms with E-state index < -0.39 is 23.8 Å². The van der Waals surface area contributed by atoms with Crippen LogP contribution in [0.5, 0.6) is 0 Å². The van der Waals surface area contributed by atoms with Crippen LogP contribution in [-0.4, -0.2) is 37.0 Å². The van der Waals surface area contributed by atoms with Crippen molar-refractivity contribution in [3.63, 3.8) is 0 Å². The van der Waals surface area contributed by atoms with Crippen LogP contribution < -0.4 is 16.3 Å². The van der Waals surface area contributed by atoms with E-state index in [0.29, 0.717) is 5.95 Å². The fraction of sp³-hybridized carbons (Fsp3) is 0.208. The minimum Gasteiger partial charge on any atom is -0.465 e. The van der Waals surface area contributed by atoms with Gasteiger partial charge in [-0.25, -0.2) is 9.36 Å². The number of aryl methyl sites for hydroxylation is 1. The van der Waals surface area contributed by atoms with Gasteiger partial charge in [-0.05, 0) is 24.6 Å². The van der Waals surface area contributed by atoms with Gasteiger partial charge in [0.05, 0.1) is 24.6 Å². The van der Waals surface area contributed by atoms with E-state index in [1.807, 2.05) is 60.7 Å². The van der Waals surface area contributed by atoms with Gasteiger partial charge in [-0.15, -0.1) is 0 Å². The van der Waals surface area contributed by atoms with Gasteiger partial charge in [0.15, 0.2) is 11.2 Å². The molecule has 34 heavy (non-hydrogen) atoms. The van der Waals surface area contributed by atoms with Crippen molar-refractivity contribution in [3.8, 4) is 0 Å². The SMILES string of the molecule is CCOC(=O)Cn1c(=O)c2c(nc3n2CC(c2ccccc2)=NN3c2ccccc2)n(C)c1=O. The Hall–Kier alpha value is -4.47. The van der Waals surface area contributed by atoms with Crippen LogP contribution in [0.4, 0.5) is 11.6 Å². The van der Waals surface area contributed by atoms with Crippen LogP contribution in [0.1, 0.15) is 12.5 Å². The minimum absolute atomic E-state index is 0.154. The van der Waals surface area contributed by atoms with Gasteiger partial charge in [0, 0.05) is 7.05 Å². The topological polar surface area (TPSA) is 104 Å². The van der Waals surface area contributed by atoms with Crippen molar-refractivity contribution in [1.29, 1.82) is 0 Å². The molecule has 1 aliphatic rings. The summed E-state index contributed by atoms with van der Waals surface area (Å²) in [5, 5.41) is 6.49. The van der Waals surface area contributed by atoms with E-state index in [-0.39, 0.29) is 24.3 Å². The molecule has 0 amide bonds. The highest BCUT2D eigenvalue weighted by atomic mass is 16.5. The predicted octanol–water partition coefficient (Wildman–Crippen LogP) is 2.02. The zero-order valence-electron chi connectivity index (χ0n) is 18.7. The molecule has 172 valence electrons. The lowest BCUT2D eigenvalue weighted by Gasteiger charge is -2.26. The molecule has 0 bridgehead atoms. The number of esters is 1. The fourth-order valence-electron chi connectivity index (χ4n) is 4.02. The molecule has 0 N–H and O–H groups in total. The lowest BCUT2D eigenvalue weighted by molar-refractivity contribution is -0.143.